The predicted molar refractivity (Wildman–Crippen MR) is 100 cm³/mol. The number of unbranched alkanes of at least 4 members (excludes halogenated alkanes) is 1. The molecule has 0 aliphatic heterocycles. The number of allylic oxidation sites excluding steroid dienone is 2. The van der Waals surface area contributed by atoms with E-state index in [-0.39, 0.29) is 0 Å². The Kier molecular flexibility index (Phi) is 7.71. The van der Waals surface area contributed by atoms with Gasteiger partial charge in [0.2, 0.25) is 0 Å². The van der Waals surface area contributed by atoms with Gasteiger partial charge >= 0.3 is 0 Å². The highest BCUT2D eigenvalue weighted by atomic mass is 16.5. The molecule has 23 heavy (non-hydrogen) atoms. The molecule has 1 nitrogen and oxygen atoms in total. The van der Waals surface area contributed by atoms with Crippen molar-refractivity contribution in [3.63, 3.8) is 0 Å². The van der Waals surface area contributed by atoms with Gasteiger partial charge in [0.05, 0.1) is 6.61 Å². The van der Waals surface area contributed by atoms with E-state index >= 15 is 0 Å². The van der Waals surface area contributed by atoms with Crippen LogP contribution < -0.4 is 4.74 Å². The van der Waals surface area contributed by atoms with Gasteiger partial charge in [-0.05, 0) is 74.5 Å². The highest BCUT2D eigenvalue weighted by Crippen LogP contribution is 2.38. The summed E-state index contributed by atoms with van der Waals surface area (Å²) in [7, 11) is 0. The number of rotatable bonds is 8. The maximum Gasteiger partial charge on any atom is 0.122 e. The molecule has 0 unspecified atom stereocenters. The molecule has 1 saturated carbocycles. The highest BCUT2D eigenvalue weighted by Gasteiger charge is 2.21. The van der Waals surface area contributed by atoms with Gasteiger partial charge in [0.15, 0.2) is 0 Å². The molecule has 1 aliphatic rings. The van der Waals surface area contributed by atoms with Gasteiger partial charge in [0.25, 0.3) is 0 Å². The van der Waals surface area contributed by atoms with Crippen LogP contribution in [0.25, 0.3) is 0 Å². The Morgan fingerprint density at radius 3 is 2.48 bits per heavy atom. The summed E-state index contributed by atoms with van der Waals surface area (Å²) in [5.41, 5.74) is 2.93. The highest BCUT2D eigenvalue weighted by molar-refractivity contribution is 5.39. The van der Waals surface area contributed by atoms with Crippen LogP contribution in [-0.4, -0.2) is 6.61 Å². The van der Waals surface area contributed by atoms with Crippen LogP contribution in [0.4, 0.5) is 0 Å². The molecule has 0 amide bonds. The van der Waals surface area contributed by atoms with E-state index in [0.29, 0.717) is 0 Å². The molecule has 2 rings (SSSR count). The van der Waals surface area contributed by atoms with E-state index in [9.17, 15) is 0 Å². The lowest BCUT2D eigenvalue weighted by Gasteiger charge is -2.27. The molecule has 0 aromatic heterocycles. The summed E-state index contributed by atoms with van der Waals surface area (Å²) in [5, 5.41) is 0. The van der Waals surface area contributed by atoms with Crippen LogP contribution >= 0.6 is 0 Å². The second-order valence-electron chi connectivity index (χ2n) is 6.88. The first-order valence-electron chi connectivity index (χ1n) is 9.70. The smallest absolute Gasteiger partial charge is 0.122 e. The second-order valence-corrected chi connectivity index (χ2v) is 6.88. The first-order chi connectivity index (χ1) is 11.3. The molecule has 1 aliphatic carbocycles. The van der Waals surface area contributed by atoms with Gasteiger partial charge in [-0.2, -0.15) is 0 Å². The third-order valence-corrected chi connectivity index (χ3v) is 5.01. The van der Waals surface area contributed by atoms with Crippen molar-refractivity contribution in [3.8, 4) is 5.75 Å². The minimum atomic E-state index is 0.747. The molecule has 0 bridgehead atoms. The Labute approximate surface area is 143 Å². The molecule has 0 atom stereocenters. The van der Waals surface area contributed by atoms with Crippen molar-refractivity contribution < 1.29 is 4.74 Å². The predicted octanol–water partition coefficient (Wildman–Crippen LogP) is 6.67. The topological polar surface area (TPSA) is 9.23 Å². The molecule has 1 heteroatoms. The monoisotopic (exact) mass is 314 g/mol. The number of benzene rings is 1. The fourth-order valence-corrected chi connectivity index (χ4v) is 3.71. The maximum absolute atomic E-state index is 5.79. The Balaban J connectivity index is 1.98. The van der Waals surface area contributed by atoms with E-state index in [1.807, 2.05) is 0 Å². The summed E-state index contributed by atoms with van der Waals surface area (Å²) >= 11 is 0. The molecule has 0 spiro atoms. The van der Waals surface area contributed by atoms with E-state index in [0.717, 1.165) is 30.6 Å². The summed E-state index contributed by atoms with van der Waals surface area (Å²) in [5.74, 6) is 2.65. The van der Waals surface area contributed by atoms with Crippen LogP contribution in [0.2, 0.25) is 0 Å². The Bertz CT molecular complexity index is 481. The van der Waals surface area contributed by atoms with E-state index in [4.69, 9.17) is 4.74 Å². The molecule has 0 N–H and O–H groups in total. The van der Waals surface area contributed by atoms with Gasteiger partial charge in [-0.3, -0.25) is 0 Å². The van der Waals surface area contributed by atoms with Crippen LogP contribution in [-0.2, 0) is 6.42 Å². The first-order valence-corrected chi connectivity index (χ1v) is 9.70. The minimum Gasteiger partial charge on any atom is -0.494 e. The SMILES string of the molecule is CCC/C=C/C1CCC(c2ccc(OCC)c(CCC)c2)CC1. The van der Waals surface area contributed by atoms with E-state index < -0.39 is 0 Å². The van der Waals surface area contributed by atoms with Crippen molar-refractivity contribution in [3.05, 3.63) is 41.5 Å². The second kappa shape index (κ2) is 9.80. The molecule has 1 aromatic rings. The number of aryl methyl sites for hydroxylation is 1. The fourth-order valence-electron chi connectivity index (χ4n) is 3.71. The number of hydrogen-bond donors (Lipinski definition) is 0. The van der Waals surface area contributed by atoms with Crippen molar-refractivity contribution in [2.45, 2.75) is 78.1 Å². The largest absolute Gasteiger partial charge is 0.494 e. The summed E-state index contributed by atoms with van der Waals surface area (Å²) in [6, 6.07) is 6.94. The van der Waals surface area contributed by atoms with Crippen molar-refractivity contribution in [1.29, 1.82) is 0 Å². The normalized spacial score (nSPS) is 21.7. The van der Waals surface area contributed by atoms with Crippen LogP contribution in [0.5, 0.6) is 5.75 Å². The van der Waals surface area contributed by atoms with Crippen molar-refractivity contribution in [2.75, 3.05) is 6.61 Å². The summed E-state index contributed by atoms with van der Waals surface area (Å²) in [4.78, 5) is 0. The van der Waals surface area contributed by atoms with Crippen molar-refractivity contribution in [2.24, 2.45) is 5.92 Å². The van der Waals surface area contributed by atoms with Gasteiger partial charge in [0.1, 0.15) is 5.75 Å². The van der Waals surface area contributed by atoms with E-state index in [2.05, 4.69) is 51.1 Å². The molecule has 0 saturated heterocycles. The van der Waals surface area contributed by atoms with E-state index in [1.165, 1.54) is 56.1 Å². The molecular formula is C22H34O. The lowest BCUT2D eigenvalue weighted by atomic mass is 9.78. The molecular weight excluding hydrogens is 280 g/mol. The summed E-state index contributed by atoms with van der Waals surface area (Å²) in [6.45, 7) is 7.32. The standard InChI is InChI=1S/C22H34O/c1-4-7-8-10-18-11-13-19(14-12-18)20-15-16-22(23-6-3)21(17-20)9-5-2/h8,10,15-19H,4-7,9,11-14H2,1-3H3/b10-8+. The first kappa shape index (κ1) is 18.1. The van der Waals surface area contributed by atoms with Gasteiger partial charge < -0.3 is 4.74 Å². The van der Waals surface area contributed by atoms with Crippen LogP contribution in [0, 0.1) is 5.92 Å². The average molecular weight is 315 g/mol. The van der Waals surface area contributed by atoms with E-state index in [1.54, 1.807) is 0 Å². The Hall–Kier alpha value is -1.24. The average Bonchev–Trinajstić information content (AvgIpc) is 2.58. The van der Waals surface area contributed by atoms with Crippen LogP contribution in [0.15, 0.2) is 30.4 Å². The quantitative estimate of drug-likeness (QED) is 0.487. The zero-order valence-corrected chi connectivity index (χ0v) is 15.3. The summed E-state index contributed by atoms with van der Waals surface area (Å²) in [6.07, 6.45) is 15.0. The zero-order valence-electron chi connectivity index (χ0n) is 15.3. The maximum atomic E-state index is 5.79. The molecule has 128 valence electrons. The number of hydrogen-bond acceptors (Lipinski definition) is 1. The molecule has 1 aromatic carbocycles. The lowest BCUT2D eigenvalue weighted by Crippen LogP contribution is -2.12. The molecule has 0 heterocycles. The zero-order chi connectivity index (χ0) is 16.5. The third kappa shape index (κ3) is 5.41. The fraction of sp³-hybridized carbons (Fsp3) is 0.636. The Morgan fingerprint density at radius 2 is 1.83 bits per heavy atom. The van der Waals surface area contributed by atoms with Crippen molar-refractivity contribution in [1.82, 2.24) is 0 Å². The number of ether oxygens (including phenoxy) is 1. The van der Waals surface area contributed by atoms with Gasteiger partial charge in [-0.25, -0.2) is 0 Å². The van der Waals surface area contributed by atoms with Crippen molar-refractivity contribution >= 4 is 0 Å². The Morgan fingerprint density at radius 1 is 1.04 bits per heavy atom. The van der Waals surface area contributed by atoms with Gasteiger partial charge in [-0.15, -0.1) is 0 Å². The van der Waals surface area contributed by atoms with Crippen LogP contribution in [0.3, 0.4) is 0 Å². The molecule has 0 radical (unpaired) electrons. The summed E-state index contributed by atoms with van der Waals surface area (Å²) < 4.78 is 5.79. The minimum absolute atomic E-state index is 0.747. The lowest BCUT2D eigenvalue weighted by molar-refractivity contribution is 0.335. The molecule has 1 fully saturated rings. The van der Waals surface area contributed by atoms with Crippen LogP contribution in [0.1, 0.15) is 82.8 Å². The van der Waals surface area contributed by atoms with Gasteiger partial charge in [-0.1, -0.05) is 51.0 Å². The third-order valence-electron chi connectivity index (χ3n) is 5.01. The van der Waals surface area contributed by atoms with Gasteiger partial charge in [0, 0.05) is 0 Å².